The predicted molar refractivity (Wildman–Crippen MR) is 79.5 cm³/mol. The van der Waals surface area contributed by atoms with Gasteiger partial charge in [0.05, 0.1) is 25.9 Å². The normalized spacial score (nSPS) is 22.3. The Bertz CT molecular complexity index is 503. The molecule has 0 aromatic heterocycles. The number of hydrogen-bond donors (Lipinski definition) is 0. The minimum Gasteiger partial charge on any atom is -0.469 e. The first kappa shape index (κ1) is 17.5. The van der Waals surface area contributed by atoms with Crippen molar-refractivity contribution in [2.24, 2.45) is 17.8 Å². The Morgan fingerprint density at radius 2 is 1.43 bits per heavy atom. The lowest BCUT2D eigenvalue weighted by molar-refractivity contribution is -0.149. The van der Waals surface area contributed by atoms with Crippen LogP contribution in [-0.2, 0) is 28.7 Å². The molecule has 23 heavy (non-hydrogen) atoms. The monoisotopic (exact) mass is 322 g/mol. The lowest BCUT2D eigenvalue weighted by Crippen LogP contribution is -2.33. The molecule has 0 spiro atoms. The van der Waals surface area contributed by atoms with E-state index in [4.69, 9.17) is 4.74 Å². The lowest BCUT2D eigenvalue weighted by Gasteiger charge is -2.28. The summed E-state index contributed by atoms with van der Waals surface area (Å²) in [5.41, 5.74) is 0. The van der Waals surface area contributed by atoms with Crippen LogP contribution in [-0.4, -0.2) is 36.2 Å². The summed E-state index contributed by atoms with van der Waals surface area (Å²) in [5.74, 6) is -1.71. The summed E-state index contributed by atoms with van der Waals surface area (Å²) in [6.07, 6.45) is 2.12. The predicted octanol–water partition coefficient (Wildman–Crippen LogP) is 1.43. The van der Waals surface area contributed by atoms with Gasteiger partial charge < -0.3 is 4.74 Å². The van der Waals surface area contributed by atoms with E-state index in [1.807, 2.05) is 0 Å². The summed E-state index contributed by atoms with van der Waals surface area (Å²) in [6, 6.07) is 0. The molecule has 0 aromatic carbocycles. The van der Waals surface area contributed by atoms with Crippen LogP contribution in [0.25, 0.3) is 0 Å². The second kappa shape index (κ2) is 7.62. The zero-order chi connectivity index (χ0) is 17.0. The maximum atomic E-state index is 12.0. The molecule has 126 valence electrons. The Morgan fingerprint density at radius 1 is 0.957 bits per heavy atom. The highest BCUT2D eigenvalue weighted by Crippen LogP contribution is 2.33. The van der Waals surface area contributed by atoms with E-state index in [0.29, 0.717) is 25.7 Å². The number of ether oxygens (including phenoxy) is 1. The minimum atomic E-state index is -0.527. The number of hydrogen-bond acceptors (Lipinski definition) is 6. The van der Waals surface area contributed by atoms with Gasteiger partial charge in [0, 0.05) is 25.7 Å². The third-order valence-electron chi connectivity index (χ3n) is 4.76. The number of ketones is 4. The number of carbonyl (C=O) groups excluding carboxylic acids is 5. The molecule has 0 bridgehead atoms. The van der Waals surface area contributed by atoms with Crippen molar-refractivity contribution >= 4 is 29.1 Å². The molecule has 6 nitrogen and oxygen atoms in total. The maximum Gasteiger partial charge on any atom is 0.308 e. The van der Waals surface area contributed by atoms with Gasteiger partial charge in [0.25, 0.3) is 0 Å². The smallest absolute Gasteiger partial charge is 0.308 e. The van der Waals surface area contributed by atoms with E-state index >= 15 is 0 Å². The molecule has 0 saturated heterocycles. The Kier molecular flexibility index (Phi) is 5.80. The fraction of sp³-hybridized carbons (Fsp3) is 0.706. The molecular weight excluding hydrogens is 300 g/mol. The van der Waals surface area contributed by atoms with Crippen molar-refractivity contribution < 1.29 is 28.7 Å². The standard InChI is InChI=1S/C17H22O6/c1-23-17(22)16(11-6-14(20)9-15(21)7-11)3-2-10-4-12(18)8-13(19)5-10/h10-11,16H,2-9H2,1H3. The number of esters is 1. The maximum absolute atomic E-state index is 12.0. The molecule has 1 unspecified atom stereocenters. The van der Waals surface area contributed by atoms with E-state index in [1.54, 1.807) is 0 Å². The van der Waals surface area contributed by atoms with Crippen molar-refractivity contribution in [3.8, 4) is 0 Å². The molecule has 2 rings (SSSR count). The summed E-state index contributed by atoms with van der Waals surface area (Å²) in [4.78, 5) is 58.3. The summed E-state index contributed by atoms with van der Waals surface area (Å²) < 4.78 is 4.82. The third kappa shape index (κ3) is 4.81. The van der Waals surface area contributed by atoms with Gasteiger partial charge in [-0.15, -0.1) is 0 Å². The first-order chi connectivity index (χ1) is 10.9. The largest absolute Gasteiger partial charge is 0.469 e. The number of Topliss-reactive ketones (excluding diaryl/α,β-unsaturated/α-hetero) is 4. The van der Waals surface area contributed by atoms with E-state index in [-0.39, 0.29) is 60.7 Å². The van der Waals surface area contributed by atoms with Crippen molar-refractivity contribution in [3.05, 3.63) is 0 Å². The quantitative estimate of drug-likeness (QED) is 0.561. The topological polar surface area (TPSA) is 94.6 Å². The minimum absolute atomic E-state index is 0.0164. The average Bonchev–Trinajstić information content (AvgIpc) is 2.45. The average molecular weight is 322 g/mol. The Balaban J connectivity index is 2.00. The van der Waals surface area contributed by atoms with Crippen molar-refractivity contribution in [2.75, 3.05) is 7.11 Å². The fourth-order valence-corrected chi connectivity index (χ4v) is 3.70. The molecule has 2 fully saturated rings. The number of rotatable bonds is 5. The van der Waals surface area contributed by atoms with E-state index in [2.05, 4.69) is 0 Å². The van der Waals surface area contributed by atoms with Crippen molar-refractivity contribution in [1.82, 2.24) is 0 Å². The van der Waals surface area contributed by atoms with Crippen molar-refractivity contribution in [2.45, 2.75) is 51.4 Å². The van der Waals surface area contributed by atoms with Gasteiger partial charge in [0.1, 0.15) is 23.1 Å². The van der Waals surface area contributed by atoms with Crippen LogP contribution >= 0.6 is 0 Å². The van der Waals surface area contributed by atoms with Crippen LogP contribution in [0.3, 0.4) is 0 Å². The highest BCUT2D eigenvalue weighted by molar-refractivity contribution is 6.02. The van der Waals surface area contributed by atoms with Crippen LogP contribution in [0.1, 0.15) is 51.4 Å². The van der Waals surface area contributed by atoms with Crippen LogP contribution in [0.4, 0.5) is 0 Å². The van der Waals surface area contributed by atoms with Crippen molar-refractivity contribution in [3.63, 3.8) is 0 Å². The molecule has 2 aliphatic carbocycles. The van der Waals surface area contributed by atoms with Gasteiger partial charge in [-0.3, -0.25) is 24.0 Å². The Morgan fingerprint density at radius 3 is 1.91 bits per heavy atom. The van der Waals surface area contributed by atoms with Gasteiger partial charge in [0.2, 0.25) is 0 Å². The number of methoxy groups -OCH3 is 1. The van der Waals surface area contributed by atoms with E-state index < -0.39 is 11.9 Å². The van der Waals surface area contributed by atoms with Crippen LogP contribution in [0, 0.1) is 17.8 Å². The van der Waals surface area contributed by atoms with Crippen LogP contribution in [0.15, 0.2) is 0 Å². The second-order valence-electron chi connectivity index (χ2n) is 6.66. The zero-order valence-electron chi connectivity index (χ0n) is 13.3. The van der Waals surface area contributed by atoms with E-state index in [0.717, 1.165) is 0 Å². The summed E-state index contributed by atoms with van der Waals surface area (Å²) >= 11 is 0. The van der Waals surface area contributed by atoms with Crippen LogP contribution in [0.5, 0.6) is 0 Å². The molecular formula is C17H22O6. The summed E-state index contributed by atoms with van der Waals surface area (Å²) in [5, 5.41) is 0. The van der Waals surface area contributed by atoms with Gasteiger partial charge in [-0.1, -0.05) is 0 Å². The Hall–Kier alpha value is -1.85. The van der Waals surface area contributed by atoms with Crippen molar-refractivity contribution in [1.29, 1.82) is 0 Å². The molecule has 2 saturated carbocycles. The van der Waals surface area contributed by atoms with Gasteiger partial charge in [-0.05, 0) is 24.7 Å². The number of carbonyl (C=O) groups is 5. The highest BCUT2D eigenvalue weighted by atomic mass is 16.5. The highest BCUT2D eigenvalue weighted by Gasteiger charge is 2.36. The molecule has 0 radical (unpaired) electrons. The molecule has 0 amide bonds. The molecule has 0 N–H and O–H groups in total. The van der Waals surface area contributed by atoms with Gasteiger partial charge in [0.15, 0.2) is 0 Å². The Labute approximate surface area is 134 Å². The van der Waals surface area contributed by atoms with E-state index in [9.17, 15) is 24.0 Å². The molecule has 0 heterocycles. The first-order valence-electron chi connectivity index (χ1n) is 8.03. The SMILES string of the molecule is COC(=O)C(CCC1CC(=O)CC(=O)C1)C1CC(=O)CC(=O)C1. The molecule has 0 aliphatic heterocycles. The summed E-state index contributed by atoms with van der Waals surface area (Å²) in [7, 11) is 1.29. The van der Waals surface area contributed by atoms with E-state index in [1.165, 1.54) is 7.11 Å². The second-order valence-corrected chi connectivity index (χ2v) is 6.66. The molecule has 0 aromatic rings. The summed E-state index contributed by atoms with van der Waals surface area (Å²) in [6.45, 7) is 0. The fourth-order valence-electron chi connectivity index (χ4n) is 3.70. The third-order valence-corrected chi connectivity index (χ3v) is 4.76. The zero-order valence-corrected chi connectivity index (χ0v) is 13.3. The lowest BCUT2D eigenvalue weighted by atomic mass is 9.75. The molecule has 2 aliphatic rings. The molecule has 1 atom stereocenters. The molecule has 6 heteroatoms. The van der Waals surface area contributed by atoms with Gasteiger partial charge in [-0.25, -0.2) is 0 Å². The van der Waals surface area contributed by atoms with Gasteiger partial charge in [-0.2, -0.15) is 0 Å². The van der Waals surface area contributed by atoms with Crippen LogP contribution in [0.2, 0.25) is 0 Å². The van der Waals surface area contributed by atoms with Crippen LogP contribution < -0.4 is 0 Å². The first-order valence-corrected chi connectivity index (χ1v) is 8.03. The van der Waals surface area contributed by atoms with Gasteiger partial charge >= 0.3 is 5.97 Å².